The average molecular weight is 270 g/mol. The Morgan fingerprint density at radius 2 is 1.68 bits per heavy atom. The Kier molecular flexibility index (Phi) is 3.71. The van der Waals surface area contributed by atoms with Gasteiger partial charge in [-0.3, -0.25) is 9.69 Å². The maximum atomic E-state index is 12.5. The SMILES string of the molecule is CC(C)(O)C1CCCN1C(=O)C1CCCN1C(=O)O. The third-order valence-electron chi connectivity index (χ3n) is 4.13. The van der Waals surface area contributed by atoms with Gasteiger partial charge in [-0.1, -0.05) is 0 Å². The first-order valence-corrected chi connectivity index (χ1v) is 6.85. The predicted molar refractivity (Wildman–Crippen MR) is 68.8 cm³/mol. The summed E-state index contributed by atoms with van der Waals surface area (Å²) in [5.41, 5.74) is -0.946. The number of hydrogen-bond donors (Lipinski definition) is 2. The molecule has 2 fully saturated rings. The summed E-state index contributed by atoms with van der Waals surface area (Å²) >= 11 is 0. The van der Waals surface area contributed by atoms with Crippen molar-refractivity contribution in [3.05, 3.63) is 0 Å². The van der Waals surface area contributed by atoms with Crippen LogP contribution in [-0.4, -0.2) is 62.8 Å². The Hall–Kier alpha value is -1.30. The minimum Gasteiger partial charge on any atom is -0.465 e. The van der Waals surface area contributed by atoms with E-state index in [9.17, 15) is 14.7 Å². The van der Waals surface area contributed by atoms with Crippen LogP contribution in [0.2, 0.25) is 0 Å². The minimum absolute atomic E-state index is 0.149. The summed E-state index contributed by atoms with van der Waals surface area (Å²) in [5, 5.41) is 19.2. The van der Waals surface area contributed by atoms with Gasteiger partial charge in [-0.05, 0) is 39.5 Å². The molecule has 0 saturated carbocycles. The van der Waals surface area contributed by atoms with Crippen LogP contribution in [0.3, 0.4) is 0 Å². The fraction of sp³-hybridized carbons (Fsp3) is 0.846. The molecule has 108 valence electrons. The van der Waals surface area contributed by atoms with Gasteiger partial charge in [0.25, 0.3) is 0 Å². The first kappa shape index (κ1) is 14.1. The zero-order chi connectivity index (χ0) is 14.2. The summed E-state index contributed by atoms with van der Waals surface area (Å²) in [4.78, 5) is 26.5. The molecule has 2 aliphatic heterocycles. The van der Waals surface area contributed by atoms with E-state index < -0.39 is 17.7 Å². The van der Waals surface area contributed by atoms with Crippen molar-refractivity contribution in [3.8, 4) is 0 Å². The van der Waals surface area contributed by atoms with Gasteiger partial charge in [0.15, 0.2) is 0 Å². The molecule has 2 atom stereocenters. The van der Waals surface area contributed by atoms with Crippen molar-refractivity contribution in [2.45, 2.75) is 57.2 Å². The molecule has 0 radical (unpaired) electrons. The fourth-order valence-electron chi connectivity index (χ4n) is 3.21. The summed E-state index contributed by atoms with van der Waals surface area (Å²) in [5.74, 6) is -0.149. The molecule has 2 N–H and O–H groups in total. The second-order valence-electron chi connectivity index (χ2n) is 5.98. The molecule has 0 bridgehead atoms. The molecule has 0 aromatic carbocycles. The predicted octanol–water partition coefficient (Wildman–Crippen LogP) is 0.891. The number of aliphatic hydroxyl groups is 1. The summed E-state index contributed by atoms with van der Waals surface area (Å²) in [6.45, 7) is 4.43. The van der Waals surface area contributed by atoms with Gasteiger partial charge in [0.1, 0.15) is 6.04 Å². The van der Waals surface area contributed by atoms with Crippen molar-refractivity contribution in [1.82, 2.24) is 9.80 Å². The van der Waals surface area contributed by atoms with Gasteiger partial charge in [-0.15, -0.1) is 0 Å². The summed E-state index contributed by atoms with van der Waals surface area (Å²) in [6, 6.07) is -0.781. The van der Waals surface area contributed by atoms with Gasteiger partial charge in [-0.25, -0.2) is 4.79 Å². The molecule has 0 aromatic rings. The first-order chi connectivity index (χ1) is 8.82. The number of hydrogen-bond acceptors (Lipinski definition) is 3. The minimum atomic E-state index is -1.03. The standard InChI is InChI=1S/C13H22N2O4/c1-13(2,19)10-6-4-8-15(10)11(16)9-5-3-7-14(9)12(17)18/h9-10,19H,3-8H2,1-2H3,(H,17,18). The van der Waals surface area contributed by atoms with Crippen molar-refractivity contribution < 1.29 is 19.8 Å². The number of carbonyl (C=O) groups excluding carboxylic acids is 1. The smallest absolute Gasteiger partial charge is 0.407 e. The second kappa shape index (κ2) is 5.00. The van der Waals surface area contributed by atoms with Gasteiger partial charge in [0.05, 0.1) is 11.6 Å². The molecule has 0 spiro atoms. The van der Waals surface area contributed by atoms with Crippen LogP contribution in [0, 0.1) is 0 Å². The first-order valence-electron chi connectivity index (χ1n) is 6.85. The third-order valence-corrected chi connectivity index (χ3v) is 4.13. The number of carbonyl (C=O) groups is 2. The molecule has 0 aromatic heterocycles. The van der Waals surface area contributed by atoms with E-state index >= 15 is 0 Å². The number of nitrogens with zero attached hydrogens (tertiary/aromatic N) is 2. The quantitative estimate of drug-likeness (QED) is 0.781. The van der Waals surface area contributed by atoms with Crippen LogP contribution in [0.5, 0.6) is 0 Å². The fourth-order valence-corrected chi connectivity index (χ4v) is 3.21. The van der Waals surface area contributed by atoms with E-state index in [1.54, 1.807) is 18.7 Å². The lowest BCUT2D eigenvalue weighted by Crippen LogP contribution is -2.54. The monoisotopic (exact) mass is 270 g/mol. The van der Waals surface area contributed by atoms with E-state index in [0.29, 0.717) is 19.5 Å². The Labute approximate surface area is 113 Å². The van der Waals surface area contributed by atoms with Crippen LogP contribution in [0.4, 0.5) is 4.79 Å². The molecular weight excluding hydrogens is 248 g/mol. The van der Waals surface area contributed by atoms with Crippen molar-refractivity contribution in [1.29, 1.82) is 0 Å². The van der Waals surface area contributed by atoms with Crippen LogP contribution in [0.25, 0.3) is 0 Å². The maximum Gasteiger partial charge on any atom is 0.407 e. The van der Waals surface area contributed by atoms with Crippen molar-refractivity contribution in [2.75, 3.05) is 13.1 Å². The highest BCUT2D eigenvalue weighted by molar-refractivity contribution is 5.86. The van der Waals surface area contributed by atoms with Crippen LogP contribution in [0.1, 0.15) is 39.5 Å². The number of amides is 2. The molecule has 2 unspecified atom stereocenters. The summed E-state index contributed by atoms with van der Waals surface area (Å²) in [6.07, 6.45) is 1.91. The molecule has 2 rings (SSSR count). The van der Waals surface area contributed by atoms with Crippen LogP contribution in [-0.2, 0) is 4.79 Å². The second-order valence-corrected chi connectivity index (χ2v) is 5.98. The van der Waals surface area contributed by atoms with Crippen molar-refractivity contribution in [3.63, 3.8) is 0 Å². The summed E-state index contributed by atoms with van der Waals surface area (Å²) < 4.78 is 0. The van der Waals surface area contributed by atoms with E-state index in [4.69, 9.17) is 5.11 Å². The van der Waals surface area contributed by atoms with E-state index in [0.717, 1.165) is 19.3 Å². The zero-order valence-corrected chi connectivity index (χ0v) is 11.5. The van der Waals surface area contributed by atoms with Gasteiger partial charge in [-0.2, -0.15) is 0 Å². The lowest BCUT2D eigenvalue weighted by molar-refractivity contribution is -0.140. The molecule has 19 heavy (non-hydrogen) atoms. The van der Waals surface area contributed by atoms with Crippen LogP contribution in [0.15, 0.2) is 0 Å². The van der Waals surface area contributed by atoms with Crippen LogP contribution < -0.4 is 0 Å². The lowest BCUT2D eigenvalue weighted by atomic mass is 9.96. The largest absolute Gasteiger partial charge is 0.465 e. The highest BCUT2D eigenvalue weighted by Crippen LogP contribution is 2.29. The zero-order valence-electron chi connectivity index (χ0n) is 11.5. The number of likely N-dealkylation sites (tertiary alicyclic amines) is 2. The van der Waals surface area contributed by atoms with Crippen molar-refractivity contribution >= 4 is 12.0 Å². The van der Waals surface area contributed by atoms with E-state index in [1.165, 1.54) is 4.90 Å². The Bertz CT molecular complexity index is 377. The number of rotatable bonds is 2. The molecular formula is C13H22N2O4. The summed E-state index contributed by atoms with van der Waals surface area (Å²) in [7, 11) is 0. The average Bonchev–Trinajstić information content (AvgIpc) is 2.96. The highest BCUT2D eigenvalue weighted by atomic mass is 16.4. The lowest BCUT2D eigenvalue weighted by Gasteiger charge is -2.36. The molecule has 6 nitrogen and oxygen atoms in total. The van der Waals surface area contributed by atoms with E-state index in [1.807, 2.05) is 0 Å². The topological polar surface area (TPSA) is 81.1 Å². The van der Waals surface area contributed by atoms with Gasteiger partial charge >= 0.3 is 6.09 Å². The van der Waals surface area contributed by atoms with E-state index in [-0.39, 0.29) is 11.9 Å². The maximum absolute atomic E-state index is 12.5. The van der Waals surface area contributed by atoms with Gasteiger partial charge in [0, 0.05) is 13.1 Å². The Morgan fingerprint density at radius 1 is 1.11 bits per heavy atom. The highest BCUT2D eigenvalue weighted by Gasteiger charge is 2.43. The molecule has 2 amide bonds. The number of carboxylic acid groups (broad SMARTS) is 1. The molecule has 2 aliphatic rings. The van der Waals surface area contributed by atoms with Gasteiger partial charge in [0.2, 0.25) is 5.91 Å². The molecule has 6 heteroatoms. The third kappa shape index (κ3) is 2.68. The van der Waals surface area contributed by atoms with Crippen molar-refractivity contribution in [2.24, 2.45) is 0 Å². The molecule has 2 heterocycles. The van der Waals surface area contributed by atoms with Gasteiger partial charge < -0.3 is 15.1 Å². The van der Waals surface area contributed by atoms with Crippen LogP contribution >= 0.6 is 0 Å². The Morgan fingerprint density at radius 3 is 2.26 bits per heavy atom. The molecule has 0 aliphatic carbocycles. The van der Waals surface area contributed by atoms with E-state index in [2.05, 4.69) is 0 Å². The Balaban J connectivity index is 2.13. The molecule has 2 saturated heterocycles. The normalized spacial score (nSPS) is 27.9.